The van der Waals surface area contributed by atoms with Crippen molar-refractivity contribution in [2.75, 3.05) is 17.2 Å². The molecule has 166 valence electrons. The molecule has 0 saturated heterocycles. The van der Waals surface area contributed by atoms with Gasteiger partial charge in [-0.2, -0.15) is 5.26 Å². The molecular formula is C26H22FN3O3. The van der Waals surface area contributed by atoms with E-state index >= 15 is 0 Å². The summed E-state index contributed by atoms with van der Waals surface area (Å²) in [6.07, 6.45) is 1.45. The van der Waals surface area contributed by atoms with Gasteiger partial charge in [0.15, 0.2) is 6.61 Å². The van der Waals surface area contributed by atoms with Crippen molar-refractivity contribution < 1.29 is 18.7 Å². The summed E-state index contributed by atoms with van der Waals surface area (Å²) < 4.78 is 18.5. The fourth-order valence-electron chi connectivity index (χ4n) is 3.03. The topological polar surface area (TPSA) is 91.2 Å². The van der Waals surface area contributed by atoms with Gasteiger partial charge in [-0.1, -0.05) is 29.8 Å². The lowest BCUT2D eigenvalue weighted by atomic mass is 10.1. The Morgan fingerprint density at radius 2 is 1.79 bits per heavy atom. The van der Waals surface area contributed by atoms with Crippen molar-refractivity contribution in [3.8, 4) is 11.8 Å². The molecule has 0 unspecified atom stereocenters. The molecule has 3 aromatic carbocycles. The molecule has 0 spiro atoms. The molecule has 33 heavy (non-hydrogen) atoms. The maximum atomic E-state index is 13.0. The Balaban J connectivity index is 1.64. The summed E-state index contributed by atoms with van der Waals surface area (Å²) in [5.74, 6) is -0.929. The number of halogens is 1. The molecular weight excluding hydrogens is 421 g/mol. The first-order chi connectivity index (χ1) is 15.8. The van der Waals surface area contributed by atoms with E-state index in [1.807, 2.05) is 32.0 Å². The average molecular weight is 443 g/mol. The summed E-state index contributed by atoms with van der Waals surface area (Å²) in [4.78, 5) is 24.6. The minimum absolute atomic E-state index is 0.0684. The number of carbonyl (C=O) groups is 2. The normalized spacial score (nSPS) is 10.8. The standard InChI is InChI=1S/C26H22FN3O3/c1-17-6-11-24(18(2)12-17)30-26(32)20(15-28)13-19-4-3-5-23(14-19)33-16-25(31)29-22-9-7-21(27)8-10-22/h3-14H,16H2,1-2H3,(H,29,31)(H,30,32). The van der Waals surface area contributed by atoms with E-state index in [2.05, 4.69) is 10.6 Å². The summed E-state index contributed by atoms with van der Waals surface area (Å²) in [5.41, 5.74) is 3.56. The van der Waals surface area contributed by atoms with E-state index < -0.39 is 17.6 Å². The number of hydrogen-bond donors (Lipinski definition) is 2. The lowest BCUT2D eigenvalue weighted by Crippen LogP contribution is -2.20. The predicted octanol–water partition coefficient (Wildman–Crippen LogP) is 5.01. The first kappa shape index (κ1) is 23.2. The Hall–Kier alpha value is -4.44. The van der Waals surface area contributed by atoms with Gasteiger partial charge >= 0.3 is 0 Å². The molecule has 0 fully saturated rings. The van der Waals surface area contributed by atoms with Gasteiger partial charge in [-0.15, -0.1) is 0 Å². The number of hydrogen-bond acceptors (Lipinski definition) is 4. The molecule has 0 bridgehead atoms. The molecule has 0 heterocycles. The van der Waals surface area contributed by atoms with Gasteiger partial charge in [0.2, 0.25) is 0 Å². The van der Waals surface area contributed by atoms with E-state index in [0.29, 0.717) is 22.7 Å². The fourth-order valence-corrected chi connectivity index (χ4v) is 3.03. The molecule has 0 aliphatic rings. The van der Waals surface area contributed by atoms with Crippen molar-refractivity contribution in [3.63, 3.8) is 0 Å². The van der Waals surface area contributed by atoms with E-state index in [0.717, 1.165) is 11.1 Å². The second-order valence-corrected chi connectivity index (χ2v) is 7.36. The van der Waals surface area contributed by atoms with Gasteiger partial charge in [0.1, 0.15) is 23.2 Å². The van der Waals surface area contributed by atoms with Gasteiger partial charge < -0.3 is 15.4 Å². The van der Waals surface area contributed by atoms with Crippen molar-refractivity contribution in [3.05, 3.63) is 94.8 Å². The maximum Gasteiger partial charge on any atom is 0.266 e. The second kappa shape index (κ2) is 10.7. The number of carbonyl (C=O) groups excluding carboxylic acids is 2. The SMILES string of the molecule is Cc1ccc(NC(=O)C(C#N)=Cc2cccc(OCC(=O)Nc3ccc(F)cc3)c2)c(C)c1. The van der Waals surface area contributed by atoms with Gasteiger partial charge in [-0.05, 0) is 73.5 Å². The molecule has 0 aliphatic heterocycles. The lowest BCUT2D eigenvalue weighted by molar-refractivity contribution is -0.118. The molecule has 2 N–H and O–H groups in total. The van der Waals surface area contributed by atoms with E-state index in [1.54, 1.807) is 30.3 Å². The molecule has 0 saturated carbocycles. The van der Waals surface area contributed by atoms with Crippen LogP contribution in [0.5, 0.6) is 5.75 Å². The molecule has 2 amide bonds. The highest BCUT2D eigenvalue weighted by atomic mass is 19.1. The number of nitriles is 1. The van der Waals surface area contributed by atoms with Crippen molar-refractivity contribution in [2.24, 2.45) is 0 Å². The molecule has 0 aromatic heterocycles. The Labute approximate surface area is 191 Å². The van der Waals surface area contributed by atoms with Crippen molar-refractivity contribution in [1.29, 1.82) is 5.26 Å². The summed E-state index contributed by atoms with van der Waals surface area (Å²) >= 11 is 0. The van der Waals surface area contributed by atoms with Crippen molar-refractivity contribution >= 4 is 29.3 Å². The first-order valence-electron chi connectivity index (χ1n) is 10.1. The number of benzene rings is 3. The van der Waals surface area contributed by atoms with Crippen LogP contribution in [0.15, 0.2) is 72.3 Å². The largest absolute Gasteiger partial charge is 0.484 e. The molecule has 7 heteroatoms. The van der Waals surface area contributed by atoms with Crippen LogP contribution in [-0.2, 0) is 9.59 Å². The number of amides is 2. The molecule has 3 aromatic rings. The lowest BCUT2D eigenvalue weighted by Gasteiger charge is -2.09. The third-order valence-electron chi connectivity index (χ3n) is 4.66. The highest BCUT2D eigenvalue weighted by Gasteiger charge is 2.11. The zero-order valence-electron chi connectivity index (χ0n) is 18.2. The van der Waals surface area contributed by atoms with Gasteiger partial charge in [-0.3, -0.25) is 9.59 Å². The highest BCUT2D eigenvalue weighted by molar-refractivity contribution is 6.10. The molecule has 0 atom stereocenters. The van der Waals surface area contributed by atoms with Gasteiger partial charge in [0, 0.05) is 11.4 Å². The summed E-state index contributed by atoms with van der Waals surface area (Å²) in [5, 5.41) is 14.8. The zero-order chi connectivity index (χ0) is 23.8. The Bertz CT molecular complexity index is 1240. The van der Waals surface area contributed by atoms with Crippen molar-refractivity contribution in [2.45, 2.75) is 13.8 Å². The number of nitrogens with zero attached hydrogens (tertiary/aromatic N) is 1. The number of ether oxygens (including phenoxy) is 1. The Kier molecular flexibility index (Phi) is 7.55. The molecule has 6 nitrogen and oxygen atoms in total. The number of aryl methyl sites for hydroxylation is 2. The minimum atomic E-state index is -0.519. The molecule has 3 rings (SSSR count). The predicted molar refractivity (Wildman–Crippen MR) is 125 cm³/mol. The van der Waals surface area contributed by atoms with Crippen LogP contribution < -0.4 is 15.4 Å². The highest BCUT2D eigenvalue weighted by Crippen LogP contribution is 2.19. The average Bonchev–Trinajstić information content (AvgIpc) is 2.79. The molecule has 0 aliphatic carbocycles. The number of rotatable bonds is 7. The first-order valence-corrected chi connectivity index (χ1v) is 10.1. The Morgan fingerprint density at radius 3 is 2.48 bits per heavy atom. The van der Waals surface area contributed by atoms with Crippen LogP contribution in [0, 0.1) is 31.0 Å². The van der Waals surface area contributed by atoms with Crippen LogP contribution >= 0.6 is 0 Å². The Morgan fingerprint density at radius 1 is 1.03 bits per heavy atom. The van der Waals surface area contributed by atoms with Crippen LogP contribution in [0.4, 0.5) is 15.8 Å². The van der Waals surface area contributed by atoms with E-state index in [4.69, 9.17) is 4.74 Å². The summed E-state index contributed by atoms with van der Waals surface area (Å²) in [6, 6.07) is 19.6. The summed E-state index contributed by atoms with van der Waals surface area (Å²) in [6.45, 7) is 3.58. The van der Waals surface area contributed by atoms with E-state index in [1.165, 1.54) is 30.3 Å². The van der Waals surface area contributed by atoms with Gasteiger partial charge in [0.25, 0.3) is 11.8 Å². The van der Waals surface area contributed by atoms with Crippen LogP contribution in [0.2, 0.25) is 0 Å². The van der Waals surface area contributed by atoms with Crippen LogP contribution in [0.1, 0.15) is 16.7 Å². The number of anilines is 2. The van der Waals surface area contributed by atoms with Crippen LogP contribution in [-0.4, -0.2) is 18.4 Å². The van der Waals surface area contributed by atoms with Gasteiger partial charge in [0.05, 0.1) is 0 Å². The summed E-state index contributed by atoms with van der Waals surface area (Å²) in [7, 11) is 0. The van der Waals surface area contributed by atoms with E-state index in [-0.39, 0.29) is 12.2 Å². The second-order valence-electron chi connectivity index (χ2n) is 7.36. The van der Waals surface area contributed by atoms with E-state index in [9.17, 15) is 19.2 Å². The zero-order valence-corrected chi connectivity index (χ0v) is 18.2. The van der Waals surface area contributed by atoms with Gasteiger partial charge in [-0.25, -0.2) is 4.39 Å². The van der Waals surface area contributed by atoms with Crippen LogP contribution in [0.3, 0.4) is 0 Å². The number of nitrogens with one attached hydrogen (secondary N) is 2. The quantitative estimate of drug-likeness (QED) is 0.397. The fraction of sp³-hybridized carbons (Fsp3) is 0.115. The molecule has 0 radical (unpaired) electrons. The third-order valence-corrected chi connectivity index (χ3v) is 4.66. The minimum Gasteiger partial charge on any atom is -0.484 e. The maximum absolute atomic E-state index is 13.0. The third kappa shape index (κ3) is 6.77. The smallest absolute Gasteiger partial charge is 0.266 e. The van der Waals surface area contributed by atoms with Crippen LogP contribution in [0.25, 0.3) is 6.08 Å². The monoisotopic (exact) mass is 443 g/mol. The van der Waals surface area contributed by atoms with Crippen molar-refractivity contribution in [1.82, 2.24) is 0 Å².